The monoisotopic (exact) mass is 233 g/mol. The van der Waals surface area contributed by atoms with E-state index < -0.39 is 23.4 Å². The van der Waals surface area contributed by atoms with Crippen molar-refractivity contribution in [1.82, 2.24) is 4.98 Å². The van der Waals surface area contributed by atoms with Crippen molar-refractivity contribution in [3.05, 3.63) is 11.8 Å². The highest BCUT2D eigenvalue weighted by atomic mass is 19.4. The number of aromatic nitrogens is 1. The van der Waals surface area contributed by atoms with Gasteiger partial charge in [-0.3, -0.25) is 0 Å². The number of hydrogen-bond acceptors (Lipinski definition) is 5. The van der Waals surface area contributed by atoms with Gasteiger partial charge in [0.05, 0.1) is 19.0 Å². The molecule has 16 heavy (non-hydrogen) atoms. The van der Waals surface area contributed by atoms with Crippen molar-refractivity contribution in [3.63, 3.8) is 0 Å². The summed E-state index contributed by atoms with van der Waals surface area (Å²) in [7, 11) is 1.16. The van der Waals surface area contributed by atoms with Crippen LogP contribution in [0.25, 0.3) is 0 Å². The molecular weight excluding hydrogens is 227 g/mol. The third-order valence-corrected chi connectivity index (χ3v) is 1.55. The Bertz CT molecular complexity index is 439. The third-order valence-electron chi connectivity index (χ3n) is 1.55. The molecule has 0 spiro atoms. The molecule has 0 amide bonds. The summed E-state index contributed by atoms with van der Waals surface area (Å²) in [6.45, 7) is 0. The molecule has 0 radical (unpaired) electrons. The fraction of sp³-hybridized carbons (Fsp3) is 0.250. The lowest BCUT2D eigenvalue weighted by Crippen LogP contribution is -2.19. The van der Waals surface area contributed by atoms with E-state index in [9.17, 15) is 13.2 Å². The van der Waals surface area contributed by atoms with Crippen molar-refractivity contribution in [2.24, 2.45) is 0 Å². The molecule has 0 aliphatic rings. The van der Waals surface area contributed by atoms with Crippen molar-refractivity contribution in [1.29, 1.82) is 5.26 Å². The molecule has 0 aromatic carbocycles. The van der Waals surface area contributed by atoms with Crippen LogP contribution in [0, 0.1) is 11.3 Å². The molecule has 0 fully saturated rings. The first-order valence-electron chi connectivity index (χ1n) is 3.87. The van der Waals surface area contributed by atoms with Gasteiger partial charge >= 0.3 is 6.36 Å². The number of nitrogen functional groups attached to an aromatic ring is 1. The van der Waals surface area contributed by atoms with E-state index in [1.54, 1.807) is 0 Å². The van der Waals surface area contributed by atoms with Crippen molar-refractivity contribution in [2.75, 3.05) is 12.8 Å². The van der Waals surface area contributed by atoms with E-state index in [2.05, 4.69) is 14.5 Å². The fourth-order valence-electron chi connectivity index (χ4n) is 0.972. The highest BCUT2D eigenvalue weighted by Crippen LogP contribution is 2.35. The molecule has 0 unspecified atom stereocenters. The van der Waals surface area contributed by atoms with Crippen LogP contribution >= 0.6 is 0 Å². The Balaban J connectivity index is 3.31. The summed E-state index contributed by atoms with van der Waals surface area (Å²) in [5.41, 5.74) is 4.34. The number of ether oxygens (including phenoxy) is 2. The van der Waals surface area contributed by atoms with E-state index in [0.717, 1.165) is 13.3 Å². The molecule has 2 N–H and O–H groups in total. The molecule has 1 aromatic heterocycles. The van der Waals surface area contributed by atoms with Gasteiger partial charge in [0.25, 0.3) is 0 Å². The van der Waals surface area contributed by atoms with Crippen LogP contribution in [-0.2, 0) is 0 Å². The minimum Gasteiger partial charge on any atom is -0.480 e. The second-order valence-electron chi connectivity index (χ2n) is 2.59. The number of anilines is 1. The molecule has 0 bridgehead atoms. The van der Waals surface area contributed by atoms with Gasteiger partial charge in [-0.05, 0) is 0 Å². The Labute approximate surface area is 88.2 Å². The predicted octanol–water partition coefficient (Wildman–Crippen LogP) is 1.44. The molecule has 0 atom stereocenters. The van der Waals surface area contributed by atoms with E-state index >= 15 is 0 Å². The Morgan fingerprint density at radius 2 is 2.12 bits per heavy atom. The maximum Gasteiger partial charge on any atom is 0.573 e. The molecule has 0 saturated carbocycles. The lowest BCUT2D eigenvalue weighted by Gasteiger charge is -2.13. The molecule has 8 heteroatoms. The number of halogens is 3. The topological polar surface area (TPSA) is 81.2 Å². The lowest BCUT2D eigenvalue weighted by atomic mass is 10.2. The van der Waals surface area contributed by atoms with Crippen LogP contribution in [0.15, 0.2) is 6.20 Å². The van der Waals surface area contributed by atoms with Gasteiger partial charge in [-0.25, -0.2) is 4.98 Å². The Hall–Kier alpha value is -2.17. The van der Waals surface area contributed by atoms with E-state index in [1.807, 2.05) is 0 Å². The quantitative estimate of drug-likeness (QED) is 0.835. The minimum atomic E-state index is -4.94. The smallest absolute Gasteiger partial charge is 0.480 e. The van der Waals surface area contributed by atoms with Crippen molar-refractivity contribution in [3.8, 4) is 17.7 Å². The van der Waals surface area contributed by atoms with Crippen molar-refractivity contribution < 1.29 is 22.6 Å². The lowest BCUT2D eigenvalue weighted by molar-refractivity contribution is -0.274. The summed E-state index contributed by atoms with van der Waals surface area (Å²) >= 11 is 0. The maximum absolute atomic E-state index is 12.0. The molecule has 86 valence electrons. The average Bonchev–Trinajstić information content (AvgIpc) is 2.19. The third kappa shape index (κ3) is 2.44. The number of nitrogens with two attached hydrogens (primary N) is 1. The van der Waals surface area contributed by atoms with Crippen LogP contribution in [0.4, 0.5) is 18.9 Å². The molecule has 1 aromatic rings. The van der Waals surface area contributed by atoms with Gasteiger partial charge in [0.1, 0.15) is 6.07 Å². The zero-order valence-electron chi connectivity index (χ0n) is 8.00. The van der Waals surface area contributed by atoms with Gasteiger partial charge in [-0.15, -0.1) is 13.2 Å². The molecule has 5 nitrogen and oxygen atoms in total. The normalized spacial score (nSPS) is 10.7. The van der Waals surface area contributed by atoms with Crippen molar-refractivity contribution >= 4 is 5.69 Å². The van der Waals surface area contributed by atoms with E-state index in [1.165, 1.54) is 6.07 Å². The first-order valence-corrected chi connectivity index (χ1v) is 3.87. The minimum absolute atomic E-state index is 0.282. The van der Waals surface area contributed by atoms with Gasteiger partial charge in [0.2, 0.25) is 5.88 Å². The molecule has 0 aliphatic carbocycles. The van der Waals surface area contributed by atoms with E-state index in [-0.39, 0.29) is 5.88 Å². The number of hydrogen-bond donors (Lipinski definition) is 1. The Morgan fingerprint density at radius 3 is 2.56 bits per heavy atom. The average molecular weight is 233 g/mol. The van der Waals surface area contributed by atoms with E-state index in [0.29, 0.717) is 0 Å². The fourth-order valence-corrected chi connectivity index (χ4v) is 0.972. The van der Waals surface area contributed by atoms with Crippen LogP contribution in [0.3, 0.4) is 0 Å². The number of rotatable bonds is 2. The van der Waals surface area contributed by atoms with Gasteiger partial charge < -0.3 is 15.2 Å². The first kappa shape index (κ1) is 11.9. The van der Waals surface area contributed by atoms with Crippen LogP contribution in [0.5, 0.6) is 11.6 Å². The molecule has 1 rings (SSSR count). The summed E-state index contributed by atoms with van der Waals surface area (Å²) in [5, 5.41) is 8.68. The molecule has 0 aliphatic heterocycles. The highest BCUT2D eigenvalue weighted by molar-refractivity contribution is 5.63. The number of alkyl halides is 3. The Kier molecular flexibility index (Phi) is 3.08. The standard InChI is InChI=1S/C8H6F3N3O2/c1-15-7-4(2-12)6(5(13)3-14-7)16-8(9,10)11/h3H,13H2,1H3. The SMILES string of the molecule is COc1ncc(N)c(OC(F)(F)F)c1C#N. The maximum atomic E-state index is 12.0. The van der Waals surface area contributed by atoms with Crippen LogP contribution in [-0.4, -0.2) is 18.5 Å². The van der Waals surface area contributed by atoms with Crippen LogP contribution in [0.2, 0.25) is 0 Å². The summed E-state index contributed by atoms with van der Waals surface area (Å²) in [6.07, 6.45) is -4.02. The van der Waals surface area contributed by atoms with E-state index in [4.69, 9.17) is 11.0 Å². The Morgan fingerprint density at radius 1 is 1.50 bits per heavy atom. The summed E-state index contributed by atoms with van der Waals surface area (Å²) in [4.78, 5) is 3.54. The first-order chi connectivity index (χ1) is 7.39. The second-order valence-corrected chi connectivity index (χ2v) is 2.59. The number of nitrogens with zero attached hydrogens (tertiary/aromatic N) is 2. The van der Waals surface area contributed by atoms with Crippen molar-refractivity contribution in [2.45, 2.75) is 6.36 Å². The number of pyridine rings is 1. The zero-order valence-corrected chi connectivity index (χ0v) is 8.00. The zero-order chi connectivity index (χ0) is 12.3. The van der Waals surface area contributed by atoms with Gasteiger partial charge in [0, 0.05) is 0 Å². The molecular formula is C8H6F3N3O2. The summed E-state index contributed by atoms with van der Waals surface area (Å²) < 4.78 is 44.3. The largest absolute Gasteiger partial charge is 0.573 e. The second kappa shape index (κ2) is 4.14. The highest BCUT2D eigenvalue weighted by Gasteiger charge is 2.34. The van der Waals surface area contributed by atoms with Gasteiger partial charge in [-0.1, -0.05) is 0 Å². The van der Waals surface area contributed by atoms with Crippen LogP contribution < -0.4 is 15.2 Å². The number of methoxy groups -OCH3 is 1. The van der Waals surface area contributed by atoms with Gasteiger partial charge in [0.15, 0.2) is 11.3 Å². The van der Waals surface area contributed by atoms with Gasteiger partial charge in [-0.2, -0.15) is 5.26 Å². The molecule has 1 heterocycles. The summed E-state index contributed by atoms with van der Waals surface area (Å²) in [6, 6.07) is 1.49. The molecule has 0 saturated heterocycles. The predicted molar refractivity (Wildman–Crippen MR) is 46.6 cm³/mol. The summed E-state index contributed by atoms with van der Waals surface area (Å²) in [5.74, 6) is -1.09. The number of nitriles is 1. The van der Waals surface area contributed by atoms with Crippen LogP contribution in [0.1, 0.15) is 5.56 Å².